The van der Waals surface area contributed by atoms with Crippen LogP contribution >= 0.6 is 0 Å². The van der Waals surface area contributed by atoms with Crippen molar-refractivity contribution in [3.63, 3.8) is 0 Å². The molecule has 1 unspecified atom stereocenters. The number of hydrogen-bond acceptors (Lipinski definition) is 5. The predicted octanol–water partition coefficient (Wildman–Crippen LogP) is 1.86. The fourth-order valence-corrected chi connectivity index (χ4v) is 1.73. The van der Waals surface area contributed by atoms with Gasteiger partial charge in [-0.3, -0.25) is 4.90 Å². The van der Waals surface area contributed by atoms with Gasteiger partial charge in [-0.15, -0.1) is 0 Å². The van der Waals surface area contributed by atoms with Crippen LogP contribution in [0.15, 0.2) is 28.8 Å². The molecule has 5 heteroatoms. The van der Waals surface area contributed by atoms with Crippen LogP contribution in [0.1, 0.15) is 18.3 Å². The normalized spacial score (nSPS) is 12.9. The van der Waals surface area contributed by atoms with E-state index in [1.54, 1.807) is 0 Å². The first-order chi connectivity index (χ1) is 9.10. The Balaban J connectivity index is 2.11. The Kier molecular flexibility index (Phi) is 4.29. The standard InChI is InChI=1S/C14H19N3O2/c1-10-5-4-6-12(7-10)14-15-13(16-19-14)8-17(3)11(2)9-18/h4-7,11,18H,8-9H2,1-3H3. The van der Waals surface area contributed by atoms with Crippen molar-refractivity contribution in [1.82, 2.24) is 15.0 Å². The molecule has 1 aromatic heterocycles. The third-order valence-corrected chi connectivity index (χ3v) is 3.14. The summed E-state index contributed by atoms with van der Waals surface area (Å²) in [6, 6.07) is 8.02. The van der Waals surface area contributed by atoms with E-state index in [1.165, 1.54) is 0 Å². The predicted molar refractivity (Wildman–Crippen MR) is 72.5 cm³/mol. The van der Waals surface area contributed by atoms with Crippen LogP contribution < -0.4 is 0 Å². The summed E-state index contributed by atoms with van der Waals surface area (Å²) in [5.41, 5.74) is 2.08. The van der Waals surface area contributed by atoms with E-state index < -0.39 is 0 Å². The largest absolute Gasteiger partial charge is 0.395 e. The quantitative estimate of drug-likeness (QED) is 0.890. The molecule has 0 amide bonds. The summed E-state index contributed by atoms with van der Waals surface area (Å²) in [6.45, 7) is 4.63. The van der Waals surface area contributed by atoms with E-state index in [2.05, 4.69) is 10.1 Å². The Morgan fingerprint density at radius 1 is 1.42 bits per heavy atom. The molecule has 2 aromatic rings. The van der Waals surface area contributed by atoms with E-state index in [-0.39, 0.29) is 12.6 Å². The molecule has 1 N–H and O–H groups in total. The highest BCUT2D eigenvalue weighted by molar-refractivity contribution is 5.53. The van der Waals surface area contributed by atoms with Crippen molar-refractivity contribution >= 4 is 0 Å². The van der Waals surface area contributed by atoms with Gasteiger partial charge in [0.15, 0.2) is 5.82 Å². The van der Waals surface area contributed by atoms with Gasteiger partial charge >= 0.3 is 0 Å². The fraction of sp³-hybridized carbons (Fsp3) is 0.429. The van der Waals surface area contributed by atoms with E-state index >= 15 is 0 Å². The third-order valence-electron chi connectivity index (χ3n) is 3.14. The van der Waals surface area contributed by atoms with Crippen LogP contribution in [-0.2, 0) is 6.54 Å². The van der Waals surface area contributed by atoms with Crippen LogP contribution in [0.5, 0.6) is 0 Å². The third kappa shape index (κ3) is 3.39. The molecule has 0 saturated heterocycles. The van der Waals surface area contributed by atoms with Gasteiger partial charge in [0.05, 0.1) is 13.2 Å². The monoisotopic (exact) mass is 261 g/mol. The number of benzene rings is 1. The van der Waals surface area contributed by atoms with Crippen molar-refractivity contribution in [2.24, 2.45) is 0 Å². The summed E-state index contributed by atoms with van der Waals surface area (Å²) in [4.78, 5) is 6.35. The lowest BCUT2D eigenvalue weighted by molar-refractivity contribution is 0.150. The molecule has 0 aliphatic carbocycles. The summed E-state index contributed by atoms with van der Waals surface area (Å²) in [5, 5.41) is 13.1. The molecule has 19 heavy (non-hydrogen) atoms. The molecule has 5 nitrogen and oxygen atoms in total. The number of aliphatic hydroxyl groups excluding tert-OH is 1. The first-order valence-electron chi connectivity index (χ1n) is 6.31. The molecular formula is C14H19N3O2. The van der Waals surface area contributed by atoms with Gasteiger partial charge in [0, 0.05) is 11.6 Å². The van der Waals surface area contributed by atoms with Crippen LogP contribution in [0.4, 0.5) is 0 Å². The minimum Gasteiger partial charge on any atom is -0.395 e. The van der Waals surface area contributed by atoms with Gasteiger partial charge in [-0.25, -0.2) is 0 Å². The maximum absolute atomic E-state index is 9.09. The lowest BCUT2D eigenvalue weighted by Gasteiger charge is -2.20. The molecule has 1 aromatic carbocycles. The highest BCUT2D eigenvalue weighted by Crippen LogP contribution is 2.18. The van der Waals surface area contributed by atoms with Crippen LogP contribution in [0.3, 0.4) is 0 Å². The molecule has 2 rings (SSSR count). The topological polar surface area (TPSA) is 62.4 Å². The SMILES string of the molecule is Cc1cccc(-c2nc(CN(C)C(C)CO)no2)c1. The zero-order chi connectivity index (χ0) is 13.8. The number of likely N-dealkylation sites (N-methyl/N-ethyl adjacent to an activating group) is 1. The van der Waals surface area contributed by atoms with Gasteiger partial charge in [0.25, 0.3) is 5.89 Å². The Morgan fingerprint density at radius 2 is 2.21 bits per heavy atom. The van der Waals surface area contributed by atoms with Crippen molar-refractivity contribution in [2.45, 2.75) is 26.4 Å². The van der Waals surface area contributed by atoms with Gasteiger partial charge in [-0.05, 0) is 33.0 Å². The molecule has 0 radical (unpaired) electrons. The fourth-order valence-electron chi connectivity index (χ4n) is 1.73. The molecule has 102 valence electrons. The molecule has 0 spiro atoms. The second-order valence-electron chi connectivity index (χ2n) is 4.83. The number of aliphatic hydroxyl groups is 1. The van der Waals surface area contributed by atoms with E-state index in [9.17, 15) is 0 Å². The molecule has 0 aliphatic heterocycles. The van der Waals surface area contributed by atoms with Gasteiger partial charge in [0.2, 0.25) is 0 Å². The summed E-state index contributed by atoms with van der Waals surface area (Å²) in [5.74, 6) is 1.16. The van der Waals surface area contributed by atoms with Gasteiger partial charge in [-0.1, -0.05) is 22.9 Å². The van der Waals surface area contributed by atoms with Crippen molar-refractivity contribution in [2.75, 3.05) is 13.7 Å². The summed E-state index contributed by atoms with van der Waals surface area (Å²) in [6.07, 6.45) is 0. The Morgan fingerprint density at radius 3 is 2.89 bits per heavy atom. The van der Waals surface area contributed by atoms with E-state index in [0.717, 1.165) is 11.1 Å². The highest BCUT2D eigenvalue weighted by atomic mass is 16.5. The van der Waals surface area contributed by atoms with Crippen molar-refractivity contribution in [3.05, 3.63) is 35.7 Å². The minimum atomic E-state index is 0.0703. The Bertz CT molecular complexity index is 539. The number of rotatable bonds is 5. The zero-order valence-electron chi connectivity index (χ0n) is 11.5. The summed E-state index contributed by atoms with van der Waals surface area (Å²) < 4.78 is 5.27. The van der Waals surface area contributed by atoms with Crippen molar-refractivity contribution in [1.29, 1.82) is 0 Å². The lowest BCUT2D eigenvalue weighted by atomic mass is 10.1. The maximum Gasteiger partial charge on any atom is 0.257 e. The lowest BCUT2D eigenvalue weighted by Crippen LogP contribution is -2.31. The molecular weight excluding hydrogens is 242 g/mol. The van der Waals surface area contributed by atoms with Gasteiger partial charge < -0.3 is 9.63 Å². The molecule has 1 atom stereocenters. The van der Waals surface area contributed by atoms with E-state index in [4.69, 9.17) is 9.63 Å². The number of nitrogens with zero attached hydrogens (tertiary/aromatic N) is 3. The second kappa shape index (κ2) is 5.95. The van der Waals surface area contributed by atoms with E-state index in [1.807, 2.05) is 50.1 Å². The number of hydrogen-bond donors (Lipinski definition) is 1. The first-order valence-corrected chi connectivity index (χ1v) is 6.31. The average molecular weight is 261 g/mol. The maximum atomic E-state index is 9.09. The average Bonchev–Trinajstić information content (AvgIpc) is 2.86. The number of aromatic nitrogens is 2. The minimum absolute atomic E-state index is 0.0703. The molecule has 1 heterocycles. The van der Waals surface area contributed by atoms with Crippen molar-refractivity contribution < 1.29 is 9.63 Å². The zero-order valence-corrected chi connectivity index (χ0v) is 11.5. The van der Waals surface area contributed by atoms with Crippen molar-refractivity contribution in [3.8, 4) is 11.5 Å². The Labute approximate surface area is 112 Å². The van der Waals surface area contributed by atoms with Gasteiger partial charge in [0.1, 0.15) is 0 Å². The van der Waals surface area contributed by atoms with Crippen LogP contribution in [0, 0.1) is 6.92 Å². The van der Waals surface area contributed by atoms with Gasteiger partial charge in [-0.2, -0.15) is 4.98 Å². The second-order valence-corrected chi connectivity index (χ2v) is 4.83. The van der Waals surface area contributed by atoms with E-state index in [0.29, 0.717) is 18.3 Å². The number of aryl methyl sites for hydroxylation is 1. The molecule has 0 fully saturated rings. The smallest absolute Gasteiger partial charge is 0.257 e. The summed E-state index contributed by atoms with van der Waals surface area (Å²) >= 11 is 0. The van der Waals surface area contributed by atoms with Crippen LogP contribution in [-0.4, -0.2) is 39.8 Å². The first kappa shape index (κ1) is 13.7. The molecule has 0 bridgehead atoms. The Hall–Kier alpha value is -1.72. The van der Waals surface area contributed by atoms with Crippen LogP contribution in [0.2, 0.25) is 0 Å². The highest BCUT2D eigenvalue weighted by Gasteiger charge is 2.13. The molecule has 0 aliphatic rings. The molecule has 0 saturated carbocycles. The summed E-state index contributed by atoms with van der Waals surface area (Å²) in [7, 11) is 1.92. The van der Waals surface area contributed by atoms with Crippen LogP contribution in [0.25, 0.3) is 11.5 Å².